The molecule has 0 atom stereocenters. The molecule has 0 bridgehead atoms. The molecule has 1 aromatic rings. The van der Waals surface area contributed by atoms with Gasteiger partial charge >= 0.3 is 5.97 Å². The number of amides is 1. The minimum Gasteiger partial charge on any atom is -0.493 e. The van der Waals surface area contributed by atoms with Crippen LogP contribution in [0.2, 0.25) is 0 Å². The van der Waals surface area contributed by atoms with Crippen molar-refractivity contribution in [3.05, 3.63) is 28.7 Å². The quantitative estimate of drug-likeness (QED) is 0.244. The Kier molecular flexibility index (Phi) is 8.79. The van der Waals surface area contributed by atoms with Crippen LogP contribution in [0.15, 0.2) is 23.1 Å². The number of hydrogen-bond acceptors (Lipinski definition) is 7. The Labute approximate surface area is 175 Å². The van der Waals surface area contributed by atoms with Crippen LogP contribution in [-0.4, -0.2) is 48.0 Å². The second-order valence-electron chi connectivity index (χ2n) is 6.10. The highest BCUT2D eigenvalue weighted by Crippen LogP contribution is 2.34. The summed E-state index contributed by atoms with van der Waals surface area (Å²) < 4.78 is 16.5. The first kappa shape index (κ1) is 22.2. The molecule has 0 spiro atoms. The summed E-state index contributed by atoms with van der Waals surface area (Å²) in [6, 6.07) is 5.46. The fourth-order valence-electron chi connectivity index (χ4n) is 2.40. The van der Waals surface area contributed by atoms with Gasteiger partial charge in [0.15, 0.2) is 11.5 Å². The van der Waals surface area contributed by atoms with Gasteiger partial charge in [0.05, 0.1) is 25.2 Å². The maximum absolute atomic E-state index is 12.6. The van der Waals surface area contributed by atoms with E-state index in [4.69, 9.17) is 26.4 Å². The van der Waals surface area contributed by atoms with E-state index in [0.717, 1.165) is 24.8 Å². The van der Waals surface area contributed by atoms with Crippen molar-refractivity contribution in [3.63, 3.8) is 0 Å². The summed E-state index contributed by atoms with van der Waals surface area (Å²) in [6.07, 6.45) is 4.36. The number of rotatable bonds is 10. The van der Waals surface area contributed by atoms with Gasteiger partial charge < -0.3 is 14.2 Å². The first-order valence-electron chi connectivity index (χ1n) is 9.22. The number of thiocarbonyl (C=S) groups is 1. The number of thioether (sulfide) groups is 1. The normalized spacial score (nSPS) is 15.2. The van der Waals surface area contributed by atoms with Crippen molar-refractivity contribution in [1.82, 2.24) is 4.90 Å². The van der Waals surface area contributed by atoms with E-state index in [-0.39, 0.29) is 12.5 Å². The molecular weight excluding hydrogens is 398 g/mol. The number of carbonyl (C=O) groups excluding carboxylic acids is 2. The second-order valence-corrected chi connectivity index (χ2v) is 7.78. The lowest BCUT2D eigenvalue weighted by atomic mass is 10.2. The third kappa shape index (κ3) is 5.97. The molecule has 6 nitrogen and oxygen atoms in total. The predicted octanol–water partition coefficient (Wildman–Crippen LogP) is 4.03. The zero-order valence-corrected chi connectivity index (χ0v) is 18.0. The van der Waals surface area contributed by atoms with Gasteiger partial charge in [0.25, 0.3) is 5.91 Å². The maximum Gasteiger partial charge on any atom is 0.326 e. The molecule has 0 aromatic heterocycles. The van der Waals surface area contributed by atoms with E-state index in [2.05, 4.69) is 0 Å². The highest BCUT2D eigenvalue weighted by Gasteiger charge is 2.33. The van der Waals surface area contributed by atoms with Crippen LogP contribution in [0.1, 0.15) is 38.7 Å². The lowest BCUT2D eigenvalue weighted by Gasteiger charge is -2.13. The molecular formula is C20H25NO5S2. The van der Waals surface area contributed by atoms with Gasteiger partial charge in [-0.2, -0.15) is 0 Å². The topological polar surface area (TPSA) is 65.1 Å². The molecule has 1 heterocycles. The van der Waals surface area contributed by atoms with Crippen LogP contribution in [0.5, 0.6) is 11.5 Å². The molecule has 1 aliphatic heterocycles. The van der Waals surface area contributed by atoms with Crippen molar-refractivity contribution in [2.75, 3.05) is 26.9 Å². The molecule has 8 heteroatoms. The van der Waals surface area contributed by atoms with Crippen molar-refractivity contribution < 1.29 is 23.8 Å². The Morgan fingerprint density at radius 3 is 2.68 bits per heavy atom. The molecule has 28 heavy (non-hydrogen) atoms. The summed E-state index contributed by atoms with van der Waals surface area (Å²) in [4.78, 5) is 26.3. The Balaban J connectivity index is 2.09. The van der Waals surface area contributed by atoms with Crippen LogP contribution < -0.4 is 9.47 Å². The third-order valence-electron chi connectivity index (χ3n) is 3.87. The minimum absolute atomic E-state index is 0.168. The lowest BCUT2D eigenvalue weighted by Crippen LogP contribution is -2.34. The SMILES string of the molecule is CCCCOC(=O)CN1C(=O)/C(=C/c2ccc(OCCC)c(OC)c2)SC1=S. The molecule has 1 saturated heterocycles. The summed E-state index contributed by atoms with van der Waals surface area (Å²) in [7, 11) is 1.57. The number of hydrogen-bond donors (Lipinski definition) is 0. The largest absolute Gasteiger partial charge is 0.493 e. The Hall–Kier alpha value is -2.06. The molecule has 1 amide bonds. The highest BCUT2D eigenvalue weighted by molar-refractivity contribution is 8.26. The van der Waals surface area contributed by atoms with Crippen LogP contribution in [0, 0.1) is 0 Å². The zero-order chi connectivity index (χ0) is 20.5. The van der Waals surface area contributed by atoms with Crippen molar-refractivity contribution in [1.29, 1.82) is 0 Å². The molecule has 0 unspecified atom stereocenters. The average Bonchev–Trinajstić information content (AvgIpc) is 2.94. The molecule has 0 N–H and O–H groups in total. The first-order valence-corrected chi connectivity index (χ1v) is 10.4. The van der Waals surface area contributed by atoms with Crippen LogP contribution in [0.3, 0.4) is 0 Å². The minimum atomic E-state index is -0.454. The standard InChI is InChI=1S/C20H25NO5S2/c1-4-6-10-26-18(22)13-21-19(23)17(28-20(21)27)12-14-7-8-15(25-9-5-2)16(11-14)24-3/h7-8,11-12H,4-6,9-10,13H2,1-3H3/b17-12-. The van der Waals surface area contributed by atoms with Crippen molar-refractivity contribution in [3.8, 4) is 11.5 Å². The molecule has 2 rings (SSSR count). The molecule has 0 saturated carbocycles. The fraction of sp³-hybridized carbons (Fsp3) is 0.450. The van der Waals surface area contributed by atoms with E-state index < -0.39 is 5.97 Å². The van der Waals surface area contributed by atoms with E-state index in [1.54, 1.807) is 19.3 Å². The van der Waals surface area contributed by atoms with E-state index in [1.807, 2.05) is 26.0 Å². The van der Waals surface area contributed by atoms with Crippen molar-refractivity contribution in [2.24, 2.45) is 0 Å². The average molecular weight is 424 g/mol. The Bertz CT molecular complexity index is 763. The number of methoxy groups -OCH3 is 1. The lowest BCUT2D eigenvalue weighted by molar-refractivity contribution is -0.146. The summed E-state index contributed by atoms with van der Waals surface area (Å²) in [5.41, 5.74) is 0.784. The smallest absolute Gasteiger partial charge is 0.326 e. The van der Waals surface area contributed by atoms with E-state index in [9.17, 15) is 9.59 Å². The van der Waals surface area contributed by atoms with Gasteiger partial charge in [-0.1, -0.05) is 50.3 Å². The monoisotopic (exact) mass is 423 g/mol. The summed E-state index contributed by atoms with van der Waals surface area (Å²) in [6.45, 7) is 4.83. The van der Waals surface area contributed by atoms with Gasteiger partial charge in [-0.05, 0) is 36.6 Å². The van der Waals surface area contributed by atoms with Gasteiger partial charge in [-0.3, -0.25) is 14.5 Å². The van der Waals surface area contributed by atoms with Crippen LogP contribution in [-0.2, 0) is 14.3 Å². The number of ether oxygens (including phenoxy) is 3. The van der Waals surface area contributed by atoms with Crippen LogP contribution >= 0.6 is 24.0 Å². The van der Waals surface area contributed by atoms with Gasteiger partial charge in [-0.15, -0.1) is 0 Å². The fourth-order valence-corrected chi connectivity index (χ4v) is 3.65. The van der Waals surface area contributed by atoms with E-state index in [0.29, 0.717) is 33.9 Å². The molecule has 152 valence electrons. The van der Waals surface area contributed by atoms with Gasteiger partial charge in [0.1, 0.15) is 10.9 Å². The second kappa shape index (κ2) is 11.1. The van der Waals surface area contributed by atoms with E-state index >= 15 is 0 Å². The number of esters is 1. The summed E-state index contributed by atoms with van der Waals surface area (Å²) in [5.74, 6) is 0.499. The maximum atomic E-state index is 12.6. The number of unbranched alkanes of at least 4 members (excludes halogenated alkanes) is 1. The number of benzene rings is 1. The van der Waals surface area contributed by atoms with Crippen molar-refractivity contribution >= 4 is 46.3 Å². The predicted molar refractivity (Wildman–Crippen MR) is 115 cm³/mol. The number of carbonyl (C=O) groups is 2. The van der Waals surface area contributed by atoms with Crippen LogP contribution in [0.25, 0.3) is 6.08 Å². The summed E-state index contributed by atoms with van der Waals surface area (Å²) in [5, 5.41) is 0. The zero-order valence-electron chi connectivity index (χ0n) is 16.4. The molecule has 1 aliphatic rings. The van der Waals surface area contributed by atoms with Gasteiger partial charge in [0, 0.05) is 0 Å². The molecule has 0 radical (unpaired) electrons. The van der Waals surface area contributed by atoms with Crippen molar-refractivity contribution in [2.45, 2.75) is 33.1 Å². The molecule has 1 fully saturated rings. The van der Waals surface area contributed by atoms with Gasteiger partial charge in [-0.25, -0.2) is 0 Å². The van der Waals surface area contributed by atoms with E-state index in [1.165, 1.54) is 16.7 Å². The van der Waals surface area contributed by atoms with Crippen LogP contribution in [0.4, 0.5) is 0 Å². The molecule has 1 aromatic carbocycles. The summed E-state index contributed by atoms with van der Waals surface area (Å²) >= 11 is 6.42. The Morgan fingerprint density at radius 2 is 2.00 bits per heavy atom. The highest BCUT2D eigenvalue weighted by atomic mass is 32.2. The molecule has 0 aliphatic carbocycles. The third-order valence-corrected chi connectivity index (χ3v) is 5.25. The van der Waals surface area contributed by atoms with Gasteiger partial charge in [0.2, 0.25) is 0 Å². The Morgan fingerprint density at radius 1 is 1.21 bits per heavy atom. The first-order chi connectivity index (χ1) is 13.5. The number of nitrogens with zero attached hydrogens (tertiary/aromatic N) is 1.